The number of carbonyl (C=O) groups excluding carboxylic acids is 1. The molecule has 1 aliphatic rings. The monoisotopic (exact) mass is 298 g/mol. The van der Waals surface area contributed by atoms with Gasteiger partial charge in [-0.25, -0.2) is 0 Å². The molecule has 21 heavy (non-hydrogen) atoms. The van der Waals surface area contributed by atoms with Crippen LogP contribution in [0, 0.1) is 0 Å². The zero-order valence-electron chi connectivity index (χ0n) is 12.2. The fraction of sp³-hybridized carbons (Fsp3) is 0.667. The lowest BCUT2D eigenvalue weighted by atomic mass is 10.2. The fourth-order valence-corrected chi connectivity index (χ4v) is 1.95. The number of methoxy groups -OCH3 is 3. The van der Waals surface area contributed by atoms with Gasteiger partial charge in [-0.3, -0.25) is 4.79 Å². The Hall–Kier alpha value is -2.16. The van der Waals surface area contributed by atoms with Crippen LogP contribution in [0.1, 0.15) is 6.42 Å². The number of hydrogen-bond acceptors (Lipinski definition) is 9. The highest BCUT2D eigenvalue weighted by Crippen LogP contribution is 2.19. The molecule has 1 unspecified atom stereocenters. The van der Waals surface area contributed by atoms with Crippen molar-refractivity contribution in [3.05, 3.63) is 0 Å². The zero-order chi connectivity index (χ0) is 15.2. The van der Waals surface area contributed by atoms with E-state index >= 15 is 0 Å². The summed E-state index contributed by atoms with van der Waals surface area (Å²) in [6, 6.07) is 0.348. The van der Waals surface area contributed by atoms with Gasteiger partial charge in [0.2, 0.25) is 5.95 Å². The molecule has 1 fully saturated rings. The molecule has 1 saturated heterocycles. The van der Waals surface area contributed by atoms with Gasteiger partial charge in [0.15, 0.2) is 0 Å². The Morgan fingerprint density at radius 1 is 1.24 bits per heavy atom. The third-order valence-corrected chi connectivity index (χ3v) is 2.99. The van der Waals surface area contributed by atoms with Crippen molar-refractivity contribution in [2.24, 2.45) is 0 Å². The van der Waals surface area contributed by atoms with E-state index in [4.69, 9.17) is 14.2 Å². The van der Waals surface area contributed by atoms with Gasteiger partial charge < -0.3 is 23.8 Å². The van der Waals surface area contributed by atoms with Gasteiger partial charge >= 0.3 is 18.0 Å². The van der Waals surface area contributed by atoms with E-state index in [0.717, 1.165) is 0 Å². The van der Waals surface area contributed by atoms with Gasteiger partial charge in [-0.15, -0.1) is 4.98 Å². The standard InChI is InChI=1S/C12H18N4O5/c1-18-9(17)6-8-7-16(4-5-21-8)10-13-11(19-2)15-12(14-10)20-3/h8H,4-7H2,1-3H3. The van der Waals surface area contributed by atoms with Crippen molar-refractivity contribution < 1.29 is 23.7 Å². The van der Waals surface area contributed by atoms with Crippen LogP contribution >= 0.6 is 0 Å². The van der Waals surface area contributed by atoms with Crippen LogP contribution in [0.3, 0.4) is 0 Å². The SMILES string of the molecule is COC(=O)CC1CN(c2nc(OC)nc(OC)n2)CCO1. The zero-order valence-corrected chi connectivity index (χ0v) is 12.2. The summed E-state index contributed by atoms with van der Waals surface area (Å²) in [5, 5.41) is 0. The van der Waals surface area contributed by atoms with Crippen molar-refractivity contribution in [3.8, 4) is 12.0 Å². The van der Waals surface area contributed by atoms with Crippen molar-refractivity contribution in [3.63, 3.8) is 0 Å². The maximum absolute atomic E-state index is 11.3. The summed E-state index contributed by atoms with van der Waals surface area (Å²) >= 11 is 0. The molecule has 0 radical (unpaired) electrons. The van der Waals surface area contributed by atoms with Gasteiger partial charge in [-0.2, -0.15) is 9.97 Å². The lowest BCUT2D eigenvalue weighted by molar-refractivity contribution is -0.144. The van der Waals surface area contributed by atoms with E-state index in [9.17, 15) is 4.79 Å². The molecule has 0 amide bonds. The van der Waals surface area contributed by atoms with Crippen LogP contribution in [0.15, 0.2) is 0 Å². The molecule has 9 nitrogen and oxygen atoms in total. The van der Waals surface area contributed by atoms with Crippen LogP contribution in [-0.4, -0.2) is 68.1 Å². The second kappa shape index (κ2) is 7.02. The largest absolute Gasteiger partial charge is 0.469 e. The second-order valence-electron chi connectivity index (χ2n) is 4.33. The Morgan fingerprint density at radius 2 is 1.90 bits per heavy atom. The lowest BCUT2D eigenvalue weighted by Crippen LogP contribution is -2.44. The molecule has 0 spiro atoms. The normalized spacial score (nSPS) is 18.2. The summed E-state index contributed by atoms with van der Waals surface area (Å²) in [6.07, 6.45) is -0.0771. The minimum Gasteiger partial charge on any atom is -0.469 e. The van der Waals surface area contributed by atoms with E-state index in [1.54, 1.807) is 0 Å². The van der Waals surface area contributed by atoms with Crippen molar-refractivity contribution in [1.82, 2.24) is 15.0 Å². The fourth-order valence-electron chi connectivity index (χ4n) is 1.95. The van der Waals surface area contributed by atoms with Gasteiger partial charge in [0.25, 0.3) is 0 Å². The van der Waals surface area contributed by atoms with Gasteiger partial charge in [0.1, 0.15) is 0 Å². The summed E-state index contributed by atoms with van der Waals surface area (Å²) in [4.78, 5) is 25.5. The molecule has 0 N–H and O–H groups in total. The lowest BCUT2D eigenvalue weighted by Gasteiger charge is -2.32. The highest BCUT2D eigenvalue weighted by atomic mass is 16.5. The average Bonchev–Trinajstić information content (AvgIpc) is 2.54. The average molecular weight is 298 g/mol. The number of morpholine rings is 1. The van der Waals surface area contributed by atoms with Gasteiger partial charge in [0, 0.05) is 13.1 Å². The predicted octanol–water partition coefficient (Wildman–Crippen LogP) is -0.343. The molecule has 0 bridgehead atoms. The summed E-state index contributed by atoms with van der Waals surface area (Å²) in [7, 11) is 4.29. The van der Waals surface area contributed by atoms with Crippen LogP contribution in [0.25, 0.3) is 0 Å². The molecule has 1 aromatic heterocycles. The third kappa shape index (κ3) is 3.91. The van der Waals surface area contributed by atoms with E-state index in [-0.39, 0.29) is 30.5 Å². The number of ether oxygens (including phenoxy) is 4. The first-order chi connectivity index (χ1) is 10.2. The first-order valence-electron chi connectivity index (χ1n) is 6.43. The van der Waals surface area contributed by atoms with E-state index in [0.29, 0.717) is 25.6 Å². The minimum atomic E-state index is -0.312. The van der Waals surface area contributed by atoms with Gasteiger partial charge in [0.05, 0.1) is 40.5 Å². The summed E-state index contributed by atoms with van der Waals surface area (Å²) < 4.78 is 20.2. The minimum absolute atomic E-state index is 0.174. The maximum atomic E-state index is 11.3. The molecule has 0 aliphatic carbocycles. The molecule has 116 valence electrons. The first kappa shape index (κ1) is 15.2. The smallest absolute Gasteiger partial charge is 0.324 e. The van der Waals surface area contributed by atoms with Crippen LogP contribution in [0.5, 0.6) is 12.0 Å². The highest BCUT2D eigenvalue weighted by molar-refractivity contribution is 5.69. The van der Waals surface area contributed by atoms with E-state index in [1.807, 2.05) is 4.90 Å². The van der Waals surface area contributed by atoms with Crippen LogP contribution in [-0.2, 0) is 14.3 Å². The Balaban J connectivity index is 2.11. The van der Waals surface area contributed by atoms with Crippen LogP contribution in [0.4, 0.5) is 5.95 Å². The molecule has 1 atom stereocenters. The summed E-state index contributed by atoms with van der Waals surface area (Å²) in [5.41, 5.74) is 0. The Morgan fingerprint density at radius 3 is 2.48 bits per heavy atom. The van der Waals surface area contributed by atoms with E-state index < -0.39 is 0 Å². The van der Waals surface area contributed by atoms with Crippen LogP contribution < -0.4 is 14.4 Å². The Bertz CT molecular complexity index is 476. The second-order valence-corrected chi connectivity index (χ2v) is 4.33. The molecule has 9 heteroatoms. The highest BCUT2D eigenvalue weighted by Gasteiger charge is 2.25. The molecule has 1 aliphatic heterocycles. The van der Waals surface area contributed by atoms with Crippen molar-refractivity contribution >= 4 is 11.9 Å². The van der Waals surface area contributed by atoms with Gasteiger partial charge in [-0.05, 0) is 0 Å². The summed E-state index contributed by atoms with van der Waals surface area (Å²) in [5.74, 6) is 0.115. The molecular weight excluding hydrogens is 280 g/mol. The van der Waals surface area contributed by atoms with Crippen molar-refractivity contribution in [2.75, 3.05) is 45.9 Å². The Kier molecular flexibility index (Phi) is 5.09. The van der Waals surface area contributed by atoms with Crippen molar-refractivity contribution in [1.29, 1.82) is 0 Å². The number of carbonyl (C=O) groups is 1. The topological polar surface area (TPSA) is 95.9 Å². The quantitative estimate of drug-likeness (QED) is 0.676. The Labute approximate surface area is 122 Å². The molecular formula is C12H18N4O5. The number of rotatable bonds is 5. The summed E-state index contributed by atoms with van der Waals surface area (Å²) in [6.45, 7) is 1.55. The molecule has 2 heterocycles. The van der Waals surface area contributed by atoms with Gasteiger partial charge in [-0.1, -0.05) is 0 Å². The van der Waals surface area contributed by atoms with Crippen LogP contribution in [0.2, 0.25) is 0 Å². The number of nitrogens with zero attached hydrogens (tertiary/aromatic N) is 4. The molecule has 0 saturated carbocycles. The number of aromatic nitrogens is 3. The first-order valence-corrected chi connectivity index (χ1v) is 6.43. The number of esters is 1. The molecule has 0 aromatic carbocycles. The predicted molar refractivity (Wildman–Crippen MR) is 71.5 cm³/mol. The van der Waals surface area contributed by atoms with Crippen molar-refractivity contribution in [2.45, 2.75) is 12.5 Å². The molecule has 1 aromatic rings. The number of anilines is 1. The van der Waals surface area contributed by atoms with E-state index in [2.05, 4.69) is 19.7 Å². The molecule has 2 rings (SSSR count). The third-order valence-electron chi connectivity index (χ3n) is 2.99. The van der Waals surface area contributed by atoms with E-state index in [1.165, 1.54) is 21.3 Å². The number of hydrogen-bond donors (Lipinski definition) is 0. The maximum Gasteiger partial charge on any atom is 0.324 e.